The molecule has 12 nitrogen and oxygen atoms in total. The average molecular weight is 777 g/mol. The highest BCUT2D eigenvalue weighted by atomic mass is 16.5. The molecule has 0 saturated carbocycles. The average Bonchev–Trinajstić information content (AvgIpc) is 3.26. The number of piperidine rings is 2. The maximum absolute atomic E-state index is 14.5. The van der Waals surface area contributed by atoms with Crippen molar-refractivity contribution >= 4 is 17.4 Å². The van der Waals surface area contributed by atoms with Crippen LogP contribution in [0.5, 0.6) is 11.5 Å². The Hall–Kier alpha value is -3.29. The number of carbonyl (C=O) groups is 1. The van der Waals surface area contributed by atoms with Gasteiger partial charge >= 0.3 is 6.03 Å². The summed E-state index contributed by atoms with van der Waals surface area (Å²) in [6, 6.07) is 17.3. The lowest BCUT2D eigenvalue weighted by atomic mass is 9.71. The SMILES string of the molecule is CCOc1ccc(N2CC3CN(C(=O)N(CCO)CCOC45CN(CN6CCC(O)C6)CC(N(c6ccc(OCC)cc6)C4)C(C)(C)C5)CC2C(C)(C)C3)cc1. The molecule has 12 heteroatoms. The summed E-state index contributed by atoms with van der Waals surface area (Å²) in [5.74, 6) is 2.08. The van der Waals surface area contributed by atoms with Crippen LogP contribution < -0.4 is 19.3 Å². The number of anilines is 2. The molecule has 9 rings (SSSR count). The molecule has 0 radical (unpaired) electrons. The summed E-state index contributed by atoms with van der Waals surface area (Å²) in [6.45, 7) is 22.7. The lowest BCUT2D eigenvalue weighted by Gasteiger charge is -2.52. The number of benzene rings is 2. The van der Waals surface area contributed by atoms with Crippen molar-refractivity contribution in [1.29, 1.82) is 0 Å². The standard InChI is InChI=1S/C44H68N6O6/c1-7-54-37-13-9-34(10-14-37)49-25-33-23-42(3,4)40(49)28-48(24-33)41(53)47(19-21-51)20-22-56-44-29-43(5,6)39(27-46(30-44)32-45-18-17-36(52)26-45)50(31-44)35-11-15-38(16-12-35)55-8-2/h9-16,33,36,39-40,51-52H,7-8,17-32H2,1-6H3. The summed E-state index contributed by atoms with van der Waals surface area (Å²) in [7, 11) is 0. The zero-order valence-corrected chi connectivity index (χ0v) is 34.9. The van der Waals surface area contributed by atoms with Gasteiger partial charge in [0.1, 0.15) is 11.5 Å². The van der Waals surface area contributed by atoms with E-state index in [9.17, 15) is 15.0 Å². The first-order valence-electron chi connectivity index (χ1n) is 21.2. The minimum Gasteiger partial charge on any atom is -0.494 e. The summed E-state index contributed by atoms with van der Waals surface area (Å²) >= 11 is 0. The Morgan fingerprint density at radius 2 is 1.43 bits per heavy atom. The molecule has 4 bridgehead atoms. The van der Waals surface area contributed by atoms with E-state index >= 15 is 0 Å². The second kappa shape index (κ2) is 16.9. The van der Waals surface area contributed by atoms with Gasteiger partial charge in [0.05, 0.1) is 50.8 Å². The maximum atomic E-state index is 14.5. The number of carbonyl (C=O) groups excluding carboxylic acids is 1. The van der Waals surface area contributed by atoms with E-state index in [0.29, 0.717) is 51.9 Å². The van der Waals surface area contributed by atoms with Crippen molar-refractivity contribution in [2.24, 2.45) is 16.7 Å². The molecule has 2 aromatic carbocycles. The van der Waals surface area contributed by atoms with Crippen LogP contribution in [0.4, 0.5) is 16.2 Å². The van der Waals surface area contributed by atoms with Crippen LogP contribution in [-0.2, 0) is 4.74 Å². The lowest BCUT2D eigenvalue weighted by Crippen LogP contribution is -2.61. The second-order valence-corrected chi connectivity index (χ2v) is 18.5. The molecule has 2 aromatic rings. The first kappa shape index (κ1) is 40.9. The highest BCUT2D eigenvalue weighted by Gasteiger charge is 2.54. The highest BCUT2D eigenvalue weighted by molar-refractivity contribution is 5.75. The number of amides is 2. The molecule has 5 atom stereocenters. The summed E-state index contributed by atoms with van der Waals surface area (Å²) in [4.78, 5) is 28.3. The van der Waals surface area contributed by atoms with Gasteiger partial charge < -0.3 is 44.0 Å². The molecule has 7 aliphatic rings. The van der Waals surface area contributed by atoms with Gasteiger partial charge in [-0.05, 0) is 98.4 Å². The Bertz CT molecular complexity index is 1610. The molecule has 7 fully saturated rings. The monoisotopic (exact) mass is 777 g/mol. The molecule has 5 unspecified atom stereocenters. The fourth-order valence-corrected chi connectivity index (χ4v) is 10.8. The lowest BCUT2D eigenvalue weighted by molar-refractivity contribution is -0.0893. The van der Waals surface area contributed by atoms with Gasteiger partial charge in [-0.1, -0.05) is 27.7 Å². The number of β-amino-alcohol motifs (C(OH)–C–C–N with tert-alkyl or cyclic N) is 1. The van der Waals surface area contributed by atoms with Crippen LogP contribution in [0.1, 0.15) is 60.8 Å². The van der Waals surface area contributed by atoms with E-state index < -0.39 is 5.60 Å². The Morgan fingerprint density at radius 3 is 2.04 bits per heavy atom. The van der Waals surface area contributed by atoms with Gasteiger partial charge in [-0.15, -0.1) is 0 Å². The molecular weight excluding hydrogens is 709 g/mol. The Kier molecular flexibility index (Phi) is 12.3. The zero-order chi connectivity index (χ0) is 39.7. The minimum absolute atomic E-state index is 0.0171. The van der Waals surface area contributed by atoms with Crippen LogP contribution in [0.2, 0.25) is 0 Å². The van der Waals surface area contributed by atoms with Gasteiger partial charge in [-0.25, -0.2) is 4.79 Å². The number of fused-ring (bicyclic) bond motifs is 8. The topological polar surface area (TPSA) is 105 Å². The molecule has 310 valence electrons. The molecule has 56 heavy (non-hydrogen) atoms. The van der Waals surface area contributed by atoms with Gasteiger partial charge in [0.2, 0.25) is 0 Å². The number of aliphatic hydroxyl groups is 2. The normalized spacial score (nSPS) is 28.7. The van der Waals surface area contributed by atoms with Crippen molar-refractivity contribution in [3.63, 3.8) is 0 Å². The third-order valence-corrected chi connectivity index (χ3v) is 13.2. The predicted molar refractivity (Wildman–Crippen MR) is 221 cm³/mol. The number of ether oxygens (including phenoxy) is 3. The molecule has 2 amide bonds. The van der Waals surface area contributed by atoms with Crippen molar-refractivity contribution in [3.05, 3.63) is 48.5 Å². The minimum atomic E-state index is -0.481. The van der Waals surface area contributed by atoms with Crippen molar-refractivity contribution in [2.45, 2.75) is 84.6 Å². The van der Waals surface area contributed by atoms with Gasteiger partial charge in [0.25, 0.3) is 0 Å². The fraction of sp³-hybridized carbons (Fsp3) is 0.705. The molecular formula is C44H68N6O6. The number of nitrogens with zero attached hydrogens (tertiary/aromatic N) is 6. The third-order valence-electron chi connectivity index (χ3n) is 13.2. The van der Waals surface area contributed by atoms with Crippen molar-refractivity contribution in [1.82, 2.24) is 19.6 Å². The molecule has 0 aliphatic carbocycles. The molecule has 7 aliphatic heterocycles. The maximum Gasteiger partial charge on any atom is 0.320 e. The van der Waals surface area contributed by atoms with Crippen molar-refractivity contribution < 1.29 is 29.2 Å². The van der Waals surface area contributed by atoms with Crippen molar-refractivity contribution in [2.75, 3.05) is 108 Å². The van der Waals surface area contributed by atoms with E-state index in [1.54, 1.807) is 0 Å². The van der Waals surface area contributed by atoms with Crippen LogP contribution in [0.3, 0.4) is 0 Å². The number of aliphatic hydroxyl groups excluding tert-OH is 2. The van der Waals surface area contributed by atoms with E-state index in [2.05, 4.69) is 83.7 Å². The number of hydrogen-bond acceptors (Lipinski definition) is 10. The molecule has 0 aromatic heterocycles. The Labute approximate surface area is 335 Å². The molecule has 2 N–H and O–H groups in total. The predicted octanol–water partition coefficient (Wildman–Crippen LogP) is 4.84. The molecule has 0 spiro atoms. The Balaban J connectivity index is 1.08. The number of rotatable bonds is 14. The van der Waals surface area contributed by atoms with E-state index in [4.69, 9.17) is 14.2 Å². The zero-order valence-electron chi connectivity index (χ0n) is 34.9. The van der Waals surface area contributed by atoms with Crippen molar-refractivity contribution in [3.8, 4) is 11.5 Å². The summed E-state index contributed by atoms with van der Waals surface area (Å²) in [5.41, 5.74) is 1.82. The molecule has 7 heterocycles. The first-order valence-corrected chi connectivity index (χ1v) is 21.2. The first-order chi connectivity index (χ1) is 26.8. The Morgan fingerprint density at radius 1 is 0.786 bits per heavy atom. The van der Waals surface area contributed by atoms with E-state index in [1.165, 1.54) is 5.69 Å². The van der Waals surface area contributed by atoms with Crippen LogP contribution in [0.15, 0.2) is 48.5 Å². The number of likely N-dealkylation sites (tertiary alicyclic amines) is 1. The number of urea groups is 1. The largest absolute Gasteiger partial charge is 0.494 e. The summed E-state index contributed by atoms with van der Waals surface area (Å²) in [6.07, 6.45) is 2.51. The molecule has 7 saturated heterocycles. The van der Waals surface area contributed by atoms with Crippen LogP contribution >= 0.6 is 0 Å². The van der Waals surface area contributed by atoms with E-state index in [-0.39, 0.29) is 48.2 Å². The van der Waals surface area contributed by atoms with E-state index in [1.807, 2.05) is 35.8 Å². The van der Waals surface area contributed by atoms with Gasteiger partial charge in [0, 0.05) is 82.9 Å². The second-order valence-electron chi connectivity index (χ2n) is 18.5. The number of hydrogen-bond donors (Lipinski definition) is 2. The third kappa shape index (κ3) is 8.89. The highest BCUT2D eigenvalue weighted by Crippen LogP contribution is 2.47. The van der Waals surface area contributed by atoms with Crippen LogP contribution in [-0.4, -0.2) is 158 Å². The summed E-state index contributed by atoms with van der Waals surface area (Å²) < 4.78 is 18.7. The quantitative estimate of drug-likeness (QED) is 0.277. The van der Waals surface area contributed by atoms with Crippen LogP contribution in [0.25, 0.3) is 0 Å². The smallest absolute Gasteiger partial charge is 0.320 e. The summed E-state index contributed by atoms with van der Waals surface area (Å²) in [5, 5.41) is 20.6. The van der Waals surface area contributed by atoms with Crippen LogP contribution in [0, 0.1) is 16.7 Å². The van der Waals surface area contributed by atoms with Gasteiger partial charge in [-0.3, -0.25) is 9.80 Å². The fourth-order valence-electron chi connectivity index (χ4n) is 10.8. The van der Waals surface area contributed by atoms with Gasteiger partial charge in [0.15, 0.2) is 0 Å². The van der Waals surface area contributed by atoms with Gasteiger partial charge in [-0.2, -0.15) is 0 Å². The van der Waals surface area contributed by atoms with E-state index in [0.717, 1.165) is 75.8 Å².